The zero-order valence-electron chi connectivity index (χ0n) is 12.1. The van der Waals surface area contributed by atoms with Crippen LogP contribution in [-0.2, 0) is 7.05 Å². The molecule has 0 aliphatic heterocycles. The normalized spacial score (nSPS) is 12.1. The van der Waals surface area contributed by atoms with E-state index in [4.69, 9.17) is 0 Å². The van der Waals surface area contributed by atoms with E-state index < -0.39 is 0 Å². The van der Waals surface area contributed by atoms with Gasteiger partial charge < -0.3 is 4.57 Å². The van der Waals surface area contributed by atoms with Crippen molar-refractivity contribution in [1.29, 1.82) is 0 Å². The largest absolute Gasteiger partial charge is 0.348 e. The number of hydrogen-bond donors (Lipinski definition) is 0. The Morgan fingerprint density at radius 2 is 1.72 bits per heavy atom. The molecule has 0 spiro atoms. The van der Waals surface area contributed by atoms with Crippen molar-refractivity contribution < 1.29 is 0 Å². The molecule has 0 aliphatic carbocycles. The van der Waals surface area contributed by atoms with Crippen LogP contribution in [0.4, 0.5) is 11.4 Å². The molecule has 0 bridgehead atoms. The molecule has 0 unspecified atom stereocenters. The Kier molecular flexibility index (Phi) is 5.08. The van der Waals surface area contributed by atoms with E-state index in [2.05, 4.69) is 48.8 Å². The highest BCUT2D eigenvalue weighted by Gasteiger charge is 2.13. The van der Waals surface area contributed by atoms with Crippen LogP contribution < -0.4 is 0 Å². The third-order valence-corrected chi connectivity index (χ3v) is 2.91. The molecule has 1 aromatic rings. The second-order valence-electron chi connectivity index (χ2n) is 4.79. The summed E-state index contributed by atoms with van der Waals surface area (Å²) in [6.45, 7) is 12.1. The second kappa shape index (κ2) is 6.34. The minimum atomic E-state index is 0.440. The average Bonchev–Trinajstić information content (AvgIpc) is 2.52. The molecule has 0 saturated carbocycles. The Labute approximate surface area is 110 Å². The van der Waals surface area contributed by atoms with Crippen LogP contribution >= 0.6 is 0 Å². The van der Waals surface area contributed by atoms with Crippen LogP contribution in [0.5, 0.6) is 0 Å². The predicted octanol–water partition coefficient (Wildman–Crippen LogP) is 4.28. The number of hydrogen-bond acceptors (Lipinski definition) is 2. The lowest BCUT2D eigenvalue weighted by Gasteiger charge is -1.98. The Hall–Kier alpha value is -1.64. The van der Waals surface area contributed by atoms with Crippen molar-refractivity contribution in [3.63, 3.8) is 0 Å². The SMILES string of the molecule is C=CCC=Nc1c(N=CC(C)C)c(C)n(C)c1C. The Morgan fingerprint density at radius 1 is 1.17 bits per heavy atom. The van der Waals surface area contributed by atoms with Gasteiger partial charge in [-0.05, 0) is 19.8 Å². The van der Waals surface area contributed by atoms with Gasteiger partial charge in [-0.1, -0.05) is 19.9 Å². The standard InChI is InChI=1S/C15H23N3/c1-7-8-9-16-14-12(4)18(6)13(5)15(14)17-10-11(2)3/h7,9-11H,1,8H2,2-6H3. The minimum Gasteiger partial charge on any atom is -0.348 e. The van der Waals surface area contributed by atoms with Crippen LogP contribution in [0.3, 0.4) is 0 Å². The van der Waals surface area contributed by atoms with E-state index in [-0.39, 0.29) is 0 Å². The van der Waals surface area contributed by atoms with Gasteiger partial charge in [0, 0.05) is 37.3 Å². The summed E-state index contributed by atoms with van der Waals surface area (Å²) >= 11 is 0. The molecule has 0 fully saturated rings. The van der Waals surface area contributed by atoms with Gasteiger partial charge in [-0.15, -0.1) is 6.58 Å². The van der Waals surface area contributed by atoms with Gasteiger partial charge in [0.05, 0.1) is 0 Å². The topological polar surface area (TPSA) is 29.6 Å². The molecule has 0 aromatic carbocycles. The zero-order chi connectivity index (χ0) is 13.7. The number of nitrogens with zero attached hydrogens (tertiary/aromatic N) is 3. The highest BCUT2D eigenvalue weighted by atomic mass is 15.0. The van der Waals surface area contributed by atoms with Crippen LogP contribution in [0.2, 0.25) is 0 Å². The summed E-state index contributed by atoms with van der Waals surface area (Å²) in [7, 11) is 2.05. The van der Waals surface area contributed by atoms with Crippen molar-refractivity contribution in [3.8, 4) is 0 Å². The van der Waals surface area contributed by atoms with Gasteiger partial charge in [-0.2, -0.15) is 0 Å². The van der Waals surface area contributed by atoms with E-state index in [1.54, 1.807) is 0 Å². The molecule has 3 heteroatoms. The maximum atomic E-state index is 4.58. The van der Waals surface area contributed by atoms with Crippen molar-refractivity contribution in [1.82, 2.24) is 4.57 Å². The van der Waals surface area contributed by atoms with E-state index >= 15 is 0 Å². The minimum absolute atomic E-state index is 0.440. The van der Waals surface area contributed by atoms with Crippen LogP contribution in [0.15, 0.2) is 22.6 Å². The maximum absolute atomic E-state index is 4.58. The quantitative estimate of drug-likeness (QED) is 0.547. The Morgan fingerprint density at radius 3 is 2.22 bits per heavy atom. The van der Waals surface area contributed by atoms with E-state index in [9.17, 15) is 0 Å². The number of allylic oxidation sites excluding steroid dienone is 1. The third-order valence-electron chi connectivity index (χ3n) is 2.91. The van der Waals surface area contributed by atoms with Gasteiger partial charge in [0.1, 0.15) is 11.4 Å². The monoisotopic (exact) mass is 245 g/mol. The Bertz CT molecular complexity index is 476. The van der Waals surface area contributed by atoms with E-state index in [1.165, 1.54) is 0 Å². The van der Waals surface area contributed by atoms with Crippen molar-refractivity contribution in [2.75, 3.05) is 0 Å². The first-order valence-corrected chi connectivity index (χ1v) is 6.32. The summed E-state index contributed by atoms with van der Waals surface area (Å²) in [5.74, 6) is 0.440. The molecule has 1 heterocycles. The lowest BCUT2D eigenvalue weighted by atomic mass is 10.2. The fourth-order valence-corrected chi connectivity index (χ4v) is 1.66. The predicted molar refractivity (Wildman–Crippen MR) is 80.8 cm³/mol. The molecule has 0 radical (unpaired) electrons. The summed E-state index contributed by atoms with van der Waals surface area (Å²) in [6, 6.07) is 0. The van der Waals surface area contributed by atoms with Crippen molar-refractivity contribution in [2.45, 2.75) is 34.1 Å². The molecule has 0 N–H and O–H groups in total. The zero-order valence-corrected chi connectivity index (χ0v) is 12.1. The van der Waals surface area contributed by atoms with E-state index in [1.807, 2.05) is 25.6 Å². The lowest BCUT2D eigenvalue weighted by molar-refractivity contribution is 0.844. The summed E-state index contributed by atoms with van der Waals surface area (Å²) in [6.07, 6.45) is 6.46. The fraction of sp³-hybridized carbons (Fsp3) is 0.467. The lowest BCUT2D eigenvalue weighted by Crippen LogP contribution is -1.92. The maximum Gasteiger partial charge on any atom is 0.109 e. The molecule has 0 aliphatic rings. The molecule has 0 amide bonds. The molecule has 1 rings (SSSR count). The molecule has 0 atom stereocenters. The first kappa shape index (κ1) is 14.4. The van der Waals surface area contributed by atoms with Crippen molar-refractivity contribution in [3.05, 3.63) is 24.0 Å². The molecule has 1 aromatic heterocycles. The molecular formula is C15H23N3. The summed E-state index contributed by atoms with van der Waals surface area (Å²) in [5.41, 5.74) is 4.23. The molecule has 98 valence electrons. The van der Waals surface area contributed by atoms with Gasteiger partial charge in [-0.3, -0.25) is 9.98 Å². The summed E-state index contributed by atoms with van der Waals surface area (Å²) in [5, 5.41) is 0. The van der Waals surface area contributed by atoms with Gasteiger partial charge in [-0.25, -0.2) is 0 Å². The molecular weight excluding hydrogens is 222 g/mol. The Balaban J connectivity index is 3.21. The van der Waals surface area contributed by atoms with Crippen LogP contribution in [-0.4, -0.2) is 17.0 Å². The van der Waals surface area contributed by atoms with Crippen LogP contribution in [0.25, 0.3) is 0 Å². The smallest absolute Gasteiger partial charge is 0.109 e. The van der Waals surface area contributed by atoms with Gasteiger partial charge >= 0.3 is 0 Å². The fourth-order valence-electron chi connectivity index (χ4n) is 1.66. The highest BCUT2D eigenvalue weighted by Crippen LogP contribution is 2.36. The van der Waals surface area contributed by atoms with Crippen LogP contribution in [0.1, 0.15) is 31.7 Å². The second-order valence-corrected chi connectivity index (χ2v) is 4.79. The number of rotatable bonds is 5. The molecule has 0 saturated heterocycles. The van der Waals surface area contributed by atoms with Crippen LogP contribution in [0, 0.1) is 19.8 Å². The first-order valence-electron chi connectivity index (χ1n) is 6.32. The average molecular weight is 245 g/mol. The number of aromatic nitrogens is 1. The van der Waals surface area contributed by atoms with Gasteiger partial charge in [0.25, 0.3) is 0 Å². The molecule has 18 heavy (non-hydrogen) atoms. The van der Waals surface area contributed by atoms with Gasteiger partial charge in [0.15, 0.2) is 0 Å². The van der Waals surface area contributed by atoms with E-state index in [0.717, 1.165) is 29.2 Å². The first-order chi connectivity index (χ1) is 8.49. The summed E-state index contributed by atoms with van der Waals surface area (Å²) < 4.78 is 2.13. The molecule has 3 nitrogen and oxygen atoms in total. The summed E-state index contributed by atoms with van der Waals surface area (Å²) in [4.78, 5) is 9.10. The van der Waals surface area contributed by atoms with E-state index in [0.29, 0.717) is 5.92 Å². The van der Waals surface area contributed by atoms with Crippen molar-refractivity contribution in [2.24, 2.45) is 23.0 Å². The number of aliphatic imine (C=N–C) groups is 2. The van der Waals surface area contributed by atoms with Crippen molar-refractivity contribution >= 4 is 23.8 Å². The third kappa shape index (κ3) is 3.19. The van der Waals surface area contributed by atoms with Gasteiger partial charge in [0.2, 0.25) is 0 Å². The highest BCUT2D eigenvalue weighted by molar-refractivity contribution is 5.79.